The first kappa shape index (κ1) is 17.0. The van der Waals surface area contributed by atoms with E-state index in [1.807, 2.05) is 12.1 Å². The molecule has 0 bridgehead atoms. The summed E-state index contributed by atoms with van der Waals surface area (Å²) in [6, 6.07) is 8.82. The molecule has 23 heavy (non-hydrogen) atoms. The maximum atomic E-state index is 12.4. The number of hydrogen-bond acceptors (Lipinski definition) is 3. The van der Waals surface area contributed by atoms with Crippen LogP contribution < -0.4 is 4.74 Å². The van der Waals surface area contributed by atoms with Crippen LogP contribution in [-0.4, -0.2) is 11.0 Å². The van der Waals surface area contributed by atoms with Crippen LogP contribution in [0.5, 0.6) is 5.75 Å². The van der Waals surface area contributed by atoms with Crippen LogP contribution in [0.2, 0.25) is 0 Å². The number of alkyl halides is 3. The molecule has 0 fully saturated rings. The number of halogens is 3. The number of hydrogen-bond donors (Lipinski definition) is 0. The van der Waals surface area contributed by atoms with Crippen molar-refractivity contribution < 1.29 is 22.7 Å². The van der Waals surface area contributed by atoms with Gasteiger partial charge >= 0.3 is 12.1 Å². The van der Waals surface area contributed by atoms with Gasteiger partial charge in [-0.3, -0.25) is 0 Å². The van der Waals surface area contributed by atoms with Crippen LogP contribution in [0.15, 0.2) is 42.6 Å². The summed E-state index contributed by atoms with van der Waals surface area (Å²) in [6.07, 6.45) is -0.534. The molecule has 3 nitrogen and oxygen atoms in total. The van der Waals surface area contributed by atoms with Crippen molar-refractivity contribution in [2.75, 3.05) is 0 Å². The number of unbranched alkanes of at least 4 members (excludes halogenated alkanes) is 1. The van der Waals surface area contributed by atoms with E-state index in [2.05, 4.69) is 11.9 Å². The molecule has 0 aliphatic carbocycles. The highest BCUT2D eigenvalue weighted by Gasteiger charge is 2.32. The van der Waals surface area contributed by atoms with E-state index in [0.717, 1.165) is 43.2 Å². The second kappa shape index (κ2) is 7.26. The molecule has 0 amide bonds. The quantitative estimate of drug-likeness (QED) is 0.751. The molecule has 6 heteroatoms. The van der Waals surface area contributed by atoms with Crippen molar-refractivity contribution in [2.24, 2.45) is 0 Å². The minimum Gasteiger partial charge on any atom is -0.421 e. The van der Waals surface area contributed by atoms with Crippen LogP contribution in [-0.2, 0) is 12.6 Å². The molecule has 0 radical (unpaired) electrons. The first-order valence-corrected chi connectivity index (χ1v) is 7.24. The number of ether oxygens (including phenoxy) is 1. The third-order valence-electron chi connectivity index (χ3n) is 3.25. The van der Waals surface area contributed by atoms with E-state index in [4.69, 9.17) is 4.74 Å². The molecular formula is C17H16F3NO2. The fourth-order valence-electron chi connectivity index (χ4n) is 1.96. The molecule has 0 N–H and O–H groups in total. The Morgan fingerprint density at radius 1 is 1.13 bits per heavy atom. The van der Waals surface area contributed by atoms with E-state index >= 15 is 0 Å². The molecule has 0 spiro atoms. The zero-order valence-corrected chi connectivity index (χ0v) is 12.6. The first-order chi connectivity index (χ1) is 10.9. The Morgan fingerprint density at radius 2 is 1.83 bits per heavy atom. The van der Waals surface area contributed by atoms with E-state index in [-0.39, 0.29) is 5.75 Å². The molecule has 1 heterocycles. The molecule has 0 saturated carbocycles. The number of benzene rings is 1. The Hall–Kier alpha value is -2.37. The second-order valence-electron chi connectivity index (χ2n) is 5.07. The Kier molecular flexibility index (Phi) is 5.36. The van der Waals surface area contributed by atoms with Gasteiger partial charge in [-0.05, 0) is 42.7 Å². The largest absolute Gasteiger partial charge is 0.433 e. The number of aromatic nitrogens is 1. The normalized spacial score (nSPS) is 11.3. The lowest BCUT2D eigenvalue weighted by atomic mass is 10.1. The summed E-state index contributed by atoms with van der Waals surface area (Å²) in [5, 5.41) is 0. The van der Waals surface area contributed by atoms with Gasteiger partial charge in [0.2, 0.25) is 0 Å². The molecule has 1 aromatic heterocycles. The third-order valence-corrected chi connectivity index (χ3v) is 3.25. The monoisotopic (exact) mass is 323 g/mol. The van der Waals surface area contributed by atoms with Gasteiger partial charge in [-0.25, -0.2) is 9.78 Å². The lowest BCUT2D eigenvalue weighted by molar-refractivity contribution is -0.141. The van der Waals surface area contributed by atoms with Crippen molar-refractivity contribution >= 4 is 5.97 Å². The number of rotatable bonds is 5. The smallest absolute Gasteiger partial charge is 0.421 e. The first-order valence-electron chi connectivity index (χ1n) is 7.24. The zero-order chi connectivity index (χ0) is 16.9. The van der Waals surface area contributed by atoms with Crippen molar-refractivity contribution in [2.45, 2.75) is 32.4 Å². The predicted octanol–water partition coefficient (Wildman–Crippen LogP) is 4.66. The Labute approximate surface area is 132 Å². The summed E-state index contributed by atoms with van der Waals surface area (Å²) >= 11 is 0. The highest BCUT2D eigenvalue weighted by atomic mass is 19.4. The van der Waals surface area contributed by atoms with E-state index in [0.29, 0.717) is 5.56 Å². The highest BCUT2D eigenvalue weighted by molar-refractivity contribution is 5.91. The van der Waals surface area contributed by atoms with Crippen LogP contribution in [0.1, 0.15) is 41.4 Å². The van der Waals surface area contributed by atoms with Gasteiger partial charge in [-0.15, -0.1) is 0 Å². The van der Waals surface area contributed by atoms with Gasteiger partial charge < -0.3 is 4.74 Å². The average molecular weight is 323 g/mol. The number of nitrogens with zero attached hydrogens (tertiary/aromatic N) is 1. The number of carbonyl (C=O) groups is 1. The van der Waals surface area contributed by atoms with Crippen LogP contribution in [0.3, 0.4) is 0 Å². The van der Waals surface area contributed by atoms with Gasteiger partial charge in [-0.2, -0.15) is 13.2 Å². The molecule has 0 aliphatic rings. The molecule has 122 valence electrons. The minimum absolute atomic E-state index is 0.0296. The van der Waals surface area contributed by atoms with Gasteiger partial charge in [0, 0.05) is 0 Å². The SMILES string of the molecule is CCCCc1ccc(C(=O)Oc2ccc(C(F)(F)F)nc2)cc1. The van der Waals surface area contributed by atoms with Gasteiger partial charge in [0.05, 0.1) is 11.8 Å². The molecule has 2 aromatic rings. The van der Waals surface area contributed by atoms with Crippen molar-refractivity contribution in [3.8, 4) is 5.75 Å². The predicted molar refractivity (Wildman–Crippen MR) is 79.3 cm³/mol. The van der Waals surface area contributed by atoms with Crippen molar-refractivity contribution in [3.05, 3.63) is 59.4 Å². The molecule has 1 aromatic carbocycles. The molecule has 0 atom stereocenters. The number of carbonyl (C=O) groups excluding carboxylic acids is 1. The Balaban J connectivity index is 2.01. The highest BCUT2D eigenvalue weighted by Crippen LogP contribution is 2.28. The van der Waals surface area contributed by atoms with Crippen molar-refractivity contribution in [3.63, 3.8) is 0 Å². The maximum Gasteiger partial charge on any atom is 0.433 e. The van der Waals surface area contributed by atoms with E-state index in [1.54, 1.807) is 12.1 Å². The summed E-state index contributed by atoms with van der Waals surface area (Å²) in [5.41, 5.74) is 0.433. The lowest BCUT2D eigenvalue weighted by Crippen LogP contribution is -2.10. The Bertz CT molecular complexity index is 649. The number of aryl methyl sites for hydroxylation is 1. The fraction of sp³-hybridized carbons (Fsp3) is 0.294. The summed E-state index contributed by atoms with van der Waals surface area (Å²) in [6.45, 7) is 2.10. The summed E-state index contributed by atoms with van der Waals surface area (Å²) < 4.78 is 42.2. The van der Waals surface area contributed by atoms with Crippen LogP contribution >= 0.6 is 0 Å². The summed E-state index contributed by atoms with van der Waals surface area (Å²) in [7, 11) is 0. The zero-order valence-electron chi connectivity index (χ0n) is 12.6. The van der Waals surface area contributed by atoms with Gasteiger partial charge in [-0.1, -0.05) is 25.5 Å². The standard InChI is InChI=1S/C17H16F3NO2/c1-2-3-4-12-5-7-13(8-6-12)16(22)23-14-9-10-15(21-11-14)17(18,19)20/h5-11H,2-4H2,1H3. The van der Waals surface area contributed by atoms with E-state index < -0.39 is 17.8 Å². The molecule has 0 aliphatic heterocycles. The van der Waals surface area contributed by atoms with Crippen LogP contribution in [0, 0.1) is 0 Å². The van der Waals surface area contributed by atoms with E-state index in [9.17, 15) is 18.0 Å². The molecular weight excluding hydrogens is 307 g/mol. The fourth-order valence-corrected chi connectivity index (χ4v) is 1.96. The van der Waals surface area contributed by atoms with Crippen LogP contribution in [0.25, 0.3) is 0 Å². The molecule has 0 unspecified atom stereocenters. The van der Waals surface area contributed by atoms with Gasteiger partial charge in [0.15, 0.2) is 0 Å². The lowest BCUT2D eigenvalue weighted by Gasteiger charge is -2.07. The topological polar surface area (TPSA) is 39.2 Å². The number of pyridine rings is 1. The summed E-state index contributed by atoms with van der Waals surface area (Å²) in [4.78, 5) is 15.2. The van der Waals surface area contributed by atoms with Crippen LogP contribution in [0.4, 0.5) is 13.2 Å². The Morgan fingerprint density at radius 3 is 2.35 bits per heavy atom. The van der Waals surface area contributed by atoms with Gasteiger partial charge in [0.1, 0.15) is 11.4 Å². The maximum absolute atomic E-state index is 12.4. The van der Waals surface area contributed by atoms with Crippen molar-refractivity contribution in [1.82, 2.24) is 4.98 Å². The second-order valence-corrected chi connectivity index (χ2v) is 5.07. The summed E-state index contributed by atoms with van der Waals surface area (Å²) in [5.74, 6) is -0.661. The minimum atomic E-state index is -4.52. The average Bonchev–Trinajstić information content (AvgIpc) is 2.53. The van der Waals surface area contributed by atoms with Gasteiger partial charge in [0.25, 0.3) is 0 Å². The number of esters is 1. The van der Waals surface area contributed by atoms with E-state index in [1.165, 1.54) is 0 Å². The molecule has 0 saturated heterocycles. The third kappa shape index (κ3) is 4.81. The van der Waals surface area contributed by atoms with Crippen molar-refractivity contribution in [1.29, 1.82) is 0 Å². The molecule has 2 rings (SSSR count).